The fraction of sp³-hybridized carbons (Fsp3) is 0.385. The lowest BCUT2D eigenvalue weighted by Crippen LogP contribution is -2.52. The summed E-state index contributed by atoms with van der Waals surface area (Å²) in [4.78, 5) is 53.8. The van der Waals surface area contributed by atoms with E-state index in [1.807, 2.05) is 19.9 Å². The van der Waals surface area contributed by atoms with Gasteiger partial charge in [0.25, 0.3) is 17.7 Å². The molecule has 5 rings (SSSR count). The summed E-state index contributed by atoms with van der Waals surface area (Å²) in [6, 6.07) is 9.61. The molecule has 0 N–H and O–H groups in total. The van der Waals surface area contributed by atoms with Crippen LogP contribution in [-0.4, -0.2) is 40.1 Å². The molecule has 2 bridgehead atoms. The third kappa shape index (κ3) is 3.64. The van der Waals surface area contributed by atoms with E-state index in [1.165, 1.54) is 18.2 Å². The molecular weight excluding hydrogens is 475 g/mol. The van der Waals surface area contributed by atoms with Crippen LogP contribution < -0.4 is 0 Å². The zero-order chi connectivity index (χ0) is 24.3. The van der Waals surface area contributed by atoms with E-state index in [0.29, 0.717) is 5.56 Å². The van der Waals surface area contributed by atoms with E-state index in [1.54, 1.807) is 12.1 Å². The van der Waals surface area contributed by atoms with Crippen molar-refractivity contribution in [1.82, 2.24) is 10.0 Å². The van der Waals surface area contributed by atoms with Crippen LogP contribution in [-0.2, 0) is 9.59 Å². The van der Waals surface area contributed by atoms with Crippen molar-refractivity contribution in [3.8, 4) is 0 Å². The number of hydrogen-bond acceptors (Lipinski definition) is 4. The number of carbonyl (C=O) groups excluding carboxylic acids is 4. The summed E-state index contributed by atoms with van der Waals surface area (Å²) >= 11 is 12.1. The van der Waals surface area contributed by atoms with Crippen LogP contribution in [0.4, 0.5) is 0 Å². The Labute approximate surface area is 207 Å². The molecule has 2 saturated carbocycles. The predicted molar refractivity (Wildman–Crippen MR) is 127 cm³/mol. The number of fused-ring (bicyclic) bond motifs is 5. The van der Waals surface area contributed by atoms with Crippen molar-refractivity contribution in [2.24, 2.45) is 23.7 Å². The quantitative estimate of drug-likeness (QED) is 0.434. The Morgan fingerprint density at radius 1 is 0.882 bits per heavy atom. The first-order valence-electron chi connectivity index (χ1n) is 11.4. The van der Waals surface area contributed by atoms with Crippen molar-refractivity contribution < 1.29 is 19.2 Å². The lowest BCUT2D eigenvalue weighted by molar-refractivity contribution is -0.154. The molecule has 0 aromatic heterocycles. The number of hydrogen-bond donors (Lipinski definition) is 0. The molecule has 34 heavy (non-hydrogen) atoms. The number of nitrogens with zero attached hydrogens (tertiary/aromatic N) is 2. The van der Waals surface area contributed by atoms with Gasteiger partial charge in [0.2, 0.25) is 0 Å². The molecule has 0 radical (unpaired) electrons. The van der Waals surface area contributed by atoms with E-state index in [0.717, 1.165) is 40.4 Å². The predicted octanol–water partition coefficient (Wildman–Crippen LogP) is 4.88. The highest BCUT2D eigenvalue weighted by molar-refractivity contribution is 6.42. The van der Waals surface area contributed by atoms with Gasteiger partial charge >= 0.3 is 0 Å². The minimum absolute atomic E-state index is 0.142. The first-order valence-corrected chi connectivity index (χ1v) is 12.2. The Balaban J connectivity index is 1.51. The van der Waals surface area contributed by atoms with E-state index < -0.39 is 24.3 Å². The summed E-state index contributed by atoms with van der Waals surface area (Å²) < 4.78 is 0. The third-order valence-corrected chi connectivity index (χ3v) is 8.41. The Bertz CT molecular complexity index is 1220. The lowest BCUT2D eigenvalue weighted by Gasteiger charge is -2.31. The van der Waals surface area contributed by atoms with Gasteiger partial charge in [-0.1, -0.05) is 35.3 Å². The zero-order valence-corrected chi connectivity index (χ0v) is 20.4. The van der Waals surface area contributed by atoms with Crippen LogP contribution in [0.3, 0.4) is 0 Å². The number of rotatable bonds is 5. The summed E-state index contributed by atoms with van der Waals surface area (Å²) in [5.41, 5.74) is 2.53. The monoisotopic (exact) mass is 498 g/mol. The summed E-state index contributed by atoms with van der Waals surface area (Å²) in [5, 5.41) is 2.38. The Morgan fingerprint density at radius 2 is 1.50 bits per heavy atom. The maximum atomic E-state index is 13.6. The van der Waals surface area contributed by atoms with Gasteiger partial charge in [0.15, 0.2) is 5.78 Å². The Morgan fingerprint density at radius 3 is 2.09 bits per heavy atom. The average Bonchev–Trinajstić information content (AvgIpc) is 3.49. The SMILES string of the molecule is Cc1ccc(C(=O)CN(C(=O)c2ccc(Cl)c(Cl)c2)N2C(=O)[C@@H]3[C@H]4CC[C@@H](C4)[C@@H]3C2=O)cc1C. The molecule has 3 amide bonds. The highest BCUT2D eigenvalue weighted by Gasteiger charge is 2.62. The second-order valence-electron chi connectivity index (χ2n) is 9.59. The molecule has 1 saturated heterocycles. The van der Waals surface area contributed by atoms with Crippen LogP contribution in [0.5, 0.6) is 0 Å². The maximum absolute atomic E-state index is 13.6. The first kappa shape index (κ1) is 23.1. The minimum Gasteiger partial charge on any atom is -0.292 e. The highest BCUT2D eigenvalue weighted by atomic mass is 35.5. The normalized spacial score (nSPS) is 25.1. The molecule has 3 aliphatic rings. The van der Waals surface area contributed by atoms with Crippen LogP contribution in [0.1, 0.15) is 51.1 Å². The molecule has 3 fully saturated rings. The third-order valence-electron chi connectivity index (χ3n) is 7.67. The molecular formula is C26H24Cl2N2O4. The maximum Gasteiger partial charge on any atom is 0.273 e. The van der Waals surface area contributed by atoms with Gasteiger partial charge in [0.05, 0.1) is 21.9 Å². The smallest absolute Gasteiger partial charge is 0.273 e. The lowest BCUT2D eigenvalue weighted by atomic mass is 9.81. The molecule has 2 aromatic carbocycles. The highest BCUT2D eigenvalue weighted by Crippen LogP contribution is 2.56. The fourth-order valence-electron chi connectivity index (χ4n) is 5.78. The van der Waals surface area contributed by atoms with Crippen LogP contribution in [0, 0.1) is 37.5 Å². The number of imide groups is 1. The second-order valence-corrected chi connectivity index (χ2v) is 10.4. The van der Waals surface area contributed by atoms with E-state index >= 15 is 0 Å². The van der Waals surface area contributed by atoms with Gasteiger partial charge in [0, 0.05) is 11.1 Å². The first-order chi connectivity index (χ1) is 16.2. The van der Waals surface area contributed by atoms with Crippen LogP contribution >= 0.6 is 23.2 Å². The molecule has 1 aliphatic heterocycles. The van der Waals surface area contributed by atoms with E-state index in [9.17, 15) is 19.2 Å². The molecule has 2 aliphatic carbocycles. The van der Waals surface area contributed by atoms with Gasteiger partial charge in [-0.15, -0.1) is 0 Å². The molecule has 6 nitrogen and oxygen atoms in total. The van der Waals surface area contributed by atoms with Crippen LogP contribution in [0.25, 0.3) is 0 Å². The summed E-state index contributed by atoms with van der Waals surface area (Å²) in [6.45, 7) is 3.40. The summed E-state index contributed by atoms with van der Waals surface area (Å²) in [7, 11) is 0. The number of hydrazine groups is 1. The Hall–Kier alpha value is -2.70. The molecule has 0 unspecified atom stereocenters. The summed E-state index contributed by atoms with van der Waals surface area (Å²) in [5.74, 6) is -2.28. The number of benzene rings is 2. The van der Waals surface area contributed by atoms with Gasteiger partial charge in [-0.2, -0.15) is 5.01 Å². The van der Waals surface area contributed by atoms with Crippen molar-refractivity contribution in [2.75, 3.05) is 6.54 Å². The van der Waals surface area contributed by atoms with Crippen LogP contribution in [0.15, 0.2) is 36.4 Å². The second kappa shape index (κ2) is 8.51. The van der Waals surface area contributed by atoms with E-state index in [-0.39, 0.29) is 45.0 Å². The molecule has 0 spiro atoms. The number of halogens is 2. The molecule has 4 atom stereocenters. The zero-order valence-electron chi connectivity index (χ0n) is 18.9. The molecule has 176 valence electrons. The van der Waals surface area contributed by atoms with Gasteiger partial charge in [-0.3, -0.25) is 19.2 Å². The molecule has 2 aromatic rings. The summed E-state index contributed by atoms with van der Waals surface area (Å²) in [6.07, 6.45) is 2.71. The topological polar surface area (TPSA) is 74.8 Å². The van der Waals surface area contributed by atoms with E-state index in [4.69, 9.17) is 23.2 Å². The Kier molecular flexibility index (Phi) is 5.77. The number of amides is 3. The van der Waals surface area contributed by atoms with E-state index in [2.05, 4.69) is 0 Å². The average molecular weight is 499 g/mol. The molecule has 1 heterocycles. The number of aryl methyl sites for hydroxylation is 2. The van der Waals surface area contributed by atoms with Crippen molar-refractivity contribution in [3.05, 3.63) is 68.7 Å². The van der Waals surface area contributed by atoms with Crippen molar-refractivity contribution in [1.29, 1.82) is 0 Å². The number of carbonyl (C=O) groups is 4. The van der Waals surface area contributed by atoms with Gasteiger partial charge in [-0.05, 0) is 80.3 Å². The molecule has 8 heteroatoms. The minimum atomic E-state index is -0.648. The van der Waals surface area contributed by atoms with Crippen LogP contribution in [0.2, 0.25) is 10.0 Å². The van der Waals surface area contributed by atoms with Crippen molar-refractivity contribution in [3.63, 3.8) is 0 Å². The van der Waals surface area contributed by atoms with Gasteiger partial charge in [0.1, 0.15) is 6.54 Å². The largest absolute Gasteiger partial charge is 0.292 e. The standard InChI is InChI=1S/C26H24Cl2N2O4/c1-13-3-4-15(9-14(13)2)21(31)12-29(24(32)18-7-8-19(27)20(28)11-18)30-25(33)22-16-5-6-17(10-16)23(22)26(30)34/h3-4,7-9,11,16-17,22-23H,5-6,10,12H2,1-2H3/t16-,17-,22-,23+/m0/s1. The van der Waals surface area contributed by atoms with Gasteiger partial charge in [-0.25, -0.2) is 5.01 Å². The van der Waals surface area contributed by atoms with Crippen molar-refractivity contribution in [2.45, 2.75) is 33.1 Å². The number of ketones is 1. The number of Topliss-reactive ketones (excluding diaryl/α,β-unsaturated/α-hetero) is 1. The van der Waals surface area contributed by atoms with Crippen molar-refractivity contribution >= 4 is 46.7 Å². The van der Waals surface area contributed by atoms with Gasteiger partial charge < -0.3 is 0 Å². The fourth-order valence-corrected chi connectivity index (χ4v) is 6.08.